The molecule has 86 valence electrons. The number of anilines is 1. The van der Waals surface area contributed by atoms with E-state index in [1.165, 1.54) is 22.2 Å². The zero-order valence-electron chi connectivity index (χ0n) is 9.77. The number of H-pyrrole nitrogens is 1. The Bertz CT molecular complexity index is 679. The third-order valence-corrected chi connectivity index (χ3v) is 3.48. The third-order valence-electron chi connectivity index (χ3n) is 3.48. The van der Waals surface area contributed by atoms with E-state index in [0.29, 0.717) is 0 Å². The van der Waals surface area contributed by atoms with Crippen LogP contribution in [0.3, 0.4) is 0 Å². The Hall–Kier alpha value is -2.22. The number of benzene rings is 2. The van der Waals surface area contributed by atoms with E-state index in [1.807, 2.05) is 6.07 Å². The molecule has 18 heavy (non-hydrogen) atoms. The maximum absolute atomic E-state index is 3.48. The summed E-state index contributed by atoms with van der Waals surface area (Å²) >= 11 is 0. The molecule has 4 rings (SSSR count). The lowest BCUT2D eigenvalue weighted by Gasteiger charge is -2.06. The number of para-hydroxylation sites is 2. The summed E-state index contributed by atoms with van der Waals surface area (Å²) in [5.74, 6) is 0.189. The van der Waals surface area contributed by atoms with Gasteiger partial charge < -0.3 is 10.3 Å². The molecule has 0 spiro atoms. The zero-order chi connectivity index (χ0) is 11.9. The second-order valence-corrected chi connectivity index (χ2v) is 4.60. The van der Waals surface area contributed by atoms with Crippen molar-refractivity contribution in [3.8, 4) is 0 Å². The van der Waals surface area contributed by atoms with Crippen molar-refractivity contribution < 1.29 is 0 Å². The van der Waals surface area contributed by atoms with Crippen LogP contribution in [0.5, 0.6) is 0 Å². The van der Waals surface area contributed by atoms with Gasteiger partial charge in [0, 0.05) is 16.9 Å². The van der Waals surface area contributed by atoms with E-state index < -0.39 is 0 Å². The Morgan fingerprint density at radius 1 is 0.944 bits per heavy atom. The average Bonchev–Trinajstić information content (AvgIpc) is 3.02. The lowest BCUT2D eigenvalue weighted by molar-refractivity contribution is 0.957. The minimum atomic E-state index is 0.189. The largest absolute Gasteiger partial charge is 0.374 e. The topological polar surface area (TPSA) is 27.8 Å². The van der Waals surface area contributed by atoms with Gasteiger partial charge in [0.25, 0.3) is 0 Å². The van der Waals surface area contributed by atoms with Gasteiger partial charge in [-0.3, -0.25) is 0 Å². The summed E-state index contributed by atoms with van der Waals surface area (Å²) in [6.45, 7) is 3.32. The van der Waals surface area contributed by atoms with Gasteiger partial charge in [0.1, 0.15) is 6.54 Å². The van der Waals surface area contributed by atoms with Crippen LogP contribution < -0.4 is 5.32 Å². The van der Waals surface area contributed by atoms with Gasteiger partial charge in [-0.15, -0.1) is 0 Å². The van der Waals surface area contributed by atoms with E-state index in [1.54, 1.807) is 0 Å². The van der Waals surface area contributed by atoms with Crippen molar-refractivity contribution in [1.82, 2.24) is 4.98 Å². The summed E-state index contributed by atoms with van der Waals surface area (Å²) in [6, 6.07) is 18.9. The number of aromatic amines is 1. The number of nitrogens with one attached hydrogen (secondary N) is 2. The molecule has 2 nitrogen and oxygen atoms in total. The van der Waals surface area contributed by atoms with Crippen molar-refractivity contribution in [2.24, 2.45) is 0 Å². The second-order valence-electron chi connectivity index (χ2n) is 4.60. The molecule has 1 aliphatic rings. The number of aromatic nitrogens is 1. The molecule has 0 amide bonds. The predicted molar refractivity (Wildman–Crippen MR) is 73.4 cm³/mol. The highest BCUT2D eigenvalue weighted by Crippen LogP contribution is 2.38. The average molecular weight is 232 g/mol. The summed E-state index contributed by atoms with van der Waals surface area (Å²) in [5.41, 5.74) is 4.80. The monoisotopic (exact) mass is 232 g/mol. The Balaban J connectivity index is 1.85. The molecule has 0 saturated carbocycles. The van der Waals surface area contributed by atoms with Gasteiger partial charge >= 0.3 is 0 Å². The standard InChI is InChI=1S/C16H12N2/c1-3-7-14-11(5-1)9-16(18-14)13-10-17-15-8-4-2-6-12(13)15/h1-9,13,17-18H. The third kappa shape index (κ3) is 1.35. The molecule has 2 aromatic carbocycles. The molecule has 3 aromatic rings. The first-order valence-corrected chi connectivity index (χ1v) is 6.10. The van der Waals surface area contributed by atoms with Gasteiger partial charge in [0.05, 0.1) is 5.92 Å². The Kier molecular flexibility index (Phi) is 1.97. The first-order valence-electron chi connectivity index (χ1n) is 6.10. The van der Waals surface area contributed by atoms with Crippen LogP contribution in [0.15, 0.2) is 54.6 Å². The SMILES string of the molecule is [C]1Nc2ccccc2C1c1cc2ccccc2[nH]1. The lowest BCUT2D eigenvalue weighted by Crippen LogP contribution is -1.97. The first kappa shape index (κ1) is 9.77. The van der Waals surface area contributed by atoms with E-state index in [0.717, 1.165) is 5.69 Å². The van der Waals surface area contributed by atoms with Crippen LogP contribution in [0.1, 0.15) is 17.2 Å². The molecule has 1 atom stereocenters. The normalized spacial score (nSPS) is 17.7. The van der Waals surface area contributed by atoms with Crippen LogP contribution in [-0.2, 0) is 0 Å². The molecule has 1 aromatic heterocycles. The first-order chi connectivity index (χ1) is 8.92. The Morgan fingerprint density at radius 3 is 2.72 bits per heavy atom. The van der Waals surface area contributed by atoms with Crippen LogP contribution in [-0.4, -0.2) is 4.98 Å². The molecule has 2 radical (unpaired) electrons. The maximum atomic E-state index is 3.48. The van der Waals surface area contributed by atoms with Gasteiger partial charge in [-0.05, 0) is 29.1 Å². The number of rotatable bonds is 1. The molecule has 0 saturated heterocycles. The Labute approximate surface area is 106 Å². The predicted octanol–water partition coefficient (Wildman–Crippen LogP) is 3.76. The quantitative estimate of drug-likeness (QED) is 0.656. The van der Waals surface area contributed by atoms with Crippen molar-refractivity contribution in [1.29, 1.82) is 0 Å². The van der Waals surface area contributed by atoms with Crippen LogP contribution in [0, 0.1) is 6.54 Å². The van der Waals surface area contributed by atoms with Crippen molar-refractivity contribution in [2.75, 3.05) is 5.32 Å². The van der Waals surface area contributed by atoms with E-state index >= 15 is 0 Å². The van der Waals surface area contributed by atoms with Crippen LogP contribution in [0.2, 0.25) is 0 Å². The van der Waals surface area contributed by atoms with Crippen LogP contribution in [0.25, 0.3) is 10.9 Å². The molecule has 2 heteroatoms. The molecular formula is C16H12N2. The molecule has 0 aliphatic carbocycles. The highest BCUT2D eigenvalue weighted by Gasteiger charge is 2.25. The van der Waals surface area contributed by atoms with Crippen LogP contribution in [0.4, 0.5) is 5.69 Å². The fourth-order valence-electron chi connectivity index (χ4n) is 2.59. The second kappa shape index (κ2) is 3.64. The molecule has 0 fully saturated rings. The van der Waals surface area contributed by atoms with Crippen molar-refractivity contribution in [3.63, 3.8) is 0 Å². The van der Waals surface area contributed by atoms with Crippen LogP contribution >= 0.6 is 0 Å². The number of fused-ring (bicyclic) bond motifs is 2. The molecule has 0 bridgehead atoms. The van der Waals surface area contributed by atoms with E-state index in [2.05, 4.69) is 65.4 Å². The molecular weight excluding hydrogens is 220 g/mol. The fourth-order valence-corrected chi connectivity index (χ4v) is 2.59. The lowest BCUT2D eigenvalue weighted by atomic mass is 9.98. The molecule has 2 heterocycles. The van der Waals surface area contributed by atoms with E-state index in [9.17, 15) is 0 Å². The van der Waals surface area contributed by atoms with Gasteiger partial charge in [-0.2, -0.15) is 0 Å². The van der Waals surface area contributed by atoms with Gasteiger partial charge in [0.2, 0.25) is 0 Å². The Morgan fingerprint density at radius 2 is 1.78 bits per heavy atom. The highest BCUT2D eigenvalue weighted by molar-refractivity contribution is 5.81. The molecule has 1 aliphatic heterocycles. The summed E-state index contributed by atoms with van der Waals surface area (Å²) < 4.78 is 0. The number of hydrogen-bond donors (Lipinski definition) is 2. The minimum Gasteiger partial charge on any atom is -0.374 e. The molecule has 2 N–H and O–H groups in total. The van der Waals surface area contributed by atoms with E-state index in [4.69, 9.17) is 0 Å². The molecule has 1 unspecified atom stereocenters. The smallest absolute Gasteiger partial charge is 0.103 e. The summed E-state index contributed by atoms with van der Waals surface area (Å²) in [6.07, 6.45) is 0. The maximum Gasteiger partial charge on any atom is 0.103 e. The van der Waals surface area contributed by atoms with Gasteiger partial charge in [-0.25, -0.2) is 0 Å². The zero-order valence-corrected chi connectivity index (χ0v) is 9.77. The van der Waals surface area contributed by atoms with Crippen molar-refractivity contribution in [3.05, 3.63) is 72.4 Å². The highest BCUT2D eigenvalue weighted by atomic mass is 14.9. The van der Waals surface area contributed by atoms with Gasteiger partial charge in [-0.1, -0.05) is 36.4 Å². The summed E-state index contributed by atoms with van der Waals surface area (Å²) in [5, 5.41) is 4.47. The summed E-state index contributed by atoms with van der Waals surface area (Å²) in [4.78, 5) is 3.48. The van der Waals surface area contributed by atoms with Crippen molar-refractivity contribution >= 4 is 16.6 Å². The van der Waals surface area contributed by atoms with Crippen molar-refractivity contribution in [2.45, 2.75) is 5.92 Å². The fraction of sp³-hybridized carbons (Fsp3) is 0.0625. The summed E-state index contributed by atoms with van der Waals surface area (Å²) in [7, 11) is 0. The number of hydrogen-bond acceptors (Lipinski definition) is 1. The van der Waals surface area contributed by atoms with Gasteiger partial charge in [0.15, 0.2) is 0 Å². The minimum absolute atomic E-state index is 0.189. The van der Waals surface area contributed by atoms with E-state index in [-0.39, 0.29) is 5.92 Å².